The monoisotopic (exact) mass is 337 g/mol. The lowest BCUT2D eigenvalue weighted by molar-refractivity contribution is -0.481. The molecule has 0 bridgehead atoms. The topological polar surface area (TPSA) is 97.5 Å². The first-order valence-electron chi connectivity index (χ1n) is 7.70. The van der Waals surface area contributed by atoms with Gasteiger partial charge in [-0.05, 0) is 18.6 Å². The summed E-state index contributed by atoms with van der Waals surface area (Å²) in [6, 6.07) is 13.2. The van der Waals surface area contributed by atoms with Crippen LogP contribution in [0.3, 0.4) is 0 Å². The lowest BCUT2D eigenvalue weighted by Gasteiger charge is -2.23. The Morgan fingerprint density at radius 3 is 2.36 bits per heavy atom. The van der Waals surface area contributed by atoms with Crippen LogP contribution < -0.4 is 0 Å². The number of fused-ring (bicyclic) bond motifs is 1. The van der Waals surface area contributed by atoms with Gasteiger partial charge >= 0.3 is 0 Å². The van der Waals surface area contributed by atoms with Crippen LogP contribution in [0.2, 0.25) is 0 Å². The number of carbonyl (C=O) groups excluding carboxylic acids is 2. The Morgan fingerprint density at radius 2 is 1.72 bits per heavy atom. The van der Waals surface area contributed by atoms with Gasteiger partial charge in [0.15, 0.2) is 0 Å². The van der Waals surface area contributed by atoms with Crippen LogP contribution in [0.15, 0.2) is 54.1 Å². The van der Waals surface area contributed by atoms with Crippen molar-refractivity contribution >= 4 is 17.3 Å². The minimum atomic E-state index is -0.998. The molecule has 3 rings (SSSR count). The highest BCUT2D eigenvalue weighted by atomic mass is 16.6. The predicted molar refractivity (Wildman–Crippen MR) is 91.1 cm³/mol. The number of benzene rings is 2. The number of hydrogen-bond acceptors (Lipinski definition) is 5. The number of ketones is 2. The van der Waals surface area contributed by atoms with Crippen molar-refractivity contribution in [3.05, 3.63) is 86.5 Å². The highest BCUT2D eigenvalue weighted by molar-refractivity contribution is 6.52. The van der Waals surface area contributed by atoms with Gasteiger partial charge in [-0.1, -0.05) is 48.0 Å². The van der Waals surface area contributed by atoms with E-state index in [9.17, 15) is 24.8 Å². The summed E-state index contributed by atoms with van der Waals surface area (Å²) in [7, 11) is 0. The maximum absolute atomic E-state index is 12.6. The quantitative estimate of drug-likeness (QED) is 0.525. The number of carbonyl (C=O) groups is 2. The molecule has 0 fully saturated rings. The molecule has 2 aromatic rings. The van der Waals surface area contributed by atoms with E-state index >= 15 is 0 Å². The van der Waals surface area contributed by atoms with Crippen molar-refractivity contribution < 1.29 is 19.6 Å². The minimum Gasteiger partial charge on any atom is -0.507 e. The van der Waals surface area contributed by atoms with Gasteiger partial charge in [0.05, 0.1) is 11.5 Å². The van der Waals surface area contributed by atoms with Gasteiger partial charge in [-0.25, -0.2) is 0 Å². The molecule has 6 heteroatoms. The number of hydrogen-bond donors (Lipinski definition) is 1. The molecule has 2 aromatic carbocycles. The zero-order valence-corrected chi connectivity index (χ0v) is 13.4. The van der Waals surface area contributed by atoms with Crippen LogP contribution >= 0.6 is 0 Å². The van der Waals surface area contributed by atoms with Crippen molar-refractivity contribution in [1.82, 2.24) is 0 Å². The summed E-state index contributed by atoms with van der Waals surface area (Å²) in [5.41, 5.74) is 1.41. The van der Waals surface area contributed by atoms with E-state index < -0.39 is 29.0 Å². The second-order valence-electron chi connectivity index (χ2n) is 5.95. The van der Waals surface area contributed by atoms with Gasteiger partial charge in [0.1, 0.15) is 5.76 Å². The first kappa shape index (κ1) is 16.6. The molecule has 1 N–H and O–H groups in total. The average molecular weight is 337 g/mol. The molecule has 0 saturated carbocycles. The fourth-order valence-corrected chi connectivity index (χ4v) is 3.07. The van der Waals surface area contributed by atoms with Gasteiger partial charge in [-0.2, -0.15) is 0 Å². The maximum atomic E-state index is 12.6. The number of rotatable bonds is 4. The Labute approximate surface area is 143 Å². The Balaban J connectivity index is 2.22. The zero-order valence-electron chi connectivity index (χ0n) is 13.4. The summed E-state index contributed by atoms with van der Waals surface area (Å²) in [5.74, 6) is -3.01. The van der Waals surface area contributed by atoms with E-state index in [0.717, 1.165) is 5.56 Å². The van der Waals surface area contributed by atoms with E-state index in [1.54, 1.807) is 49.4 Å². The molecule has 0 heterocycles. The summed E-state index contributed by atoms with van der Waals surface area (Å²) in [6.45, 7) is 1.18. The highest BCUT2D eigenvalue weighted by Gasteiger charge is 2.39. The molecular weight excluding hydrogens is 322 g/mol. The molecule has 0 unspecified atom stereocenters. The van der Waals surface area contributed by atoms with E-state index in [4.69, 9.17) is 0 Å². The Morgan fingerprint density at radius 1 is 1.04 bits per heavy atom. The fourth-order valence-electron chi connectivity index (χ4n) is 3.07. The minimum absolute atomic E-state index is 0.124. The van der Waals surface area contributed by atoms with Crippen molar-refractivity contribution in [1.29, 1.82) is 0 Å². The molecule has 1 aliphatic rings. The first-order chi connectivity index (χ1) is 11.9. The molecule has 0 aliphatic heterocycles. The molecule has 1 aliphatic carbocycles. The smallest absolute Gasteiger partial charge is 0.234 e. The Kier molecular flexibility index (Phi) is 4.19. The van der Waals surface area contributed by atoms with E-state index in [-0.39, 0.29) is 22.5 Å². The van der Waals surface area contributed by atoms with E-state index in [0.29, 0.717) is 5.56 Å². The van der Waals surface area contributed by atoms with Gasteiger partial charge in [0.2, 0.25) is 18.1 Å². The van der Waals surface area contributed by atoms with Crippen LogP contribution in [0.5, 0.6) is 0 Å². The number of nitrogens with zero attached hydrogens (tertiary/aromatic N) is 1. The maximum Gasteiger partial charge on any atom is 0.234 e. The van der Waals surface area contributed by atoms with Gasteiger partial charge < -0.3 is 5.11 Å². The van der Waals surface area contributed by atoms with Gasteiger partial charge in [-0.3, -0.25) is 19.7 Å². The average Bonchev–Trinajstić information content (AvgIpc) is 2.59. The summed E-state index contributed by atoms with van der Waals surface area (Å²) in [6.07, 6.45) is 0. The van der Waals surface area contributed by atoms with Crippen LogP contribution in [0.4, 0.5) is 0 Å². The molecule has 1 atom stereocenters. The zero-order chi connectivity index (χ0) is 18.1. The molecule has 126 valence electrons. The van der Waals surface area contributed by atoms with Gasteiger partial charge in [0, 0.05) is 16.1 Å². The van der Waals surface area contributed by atoms with E-state index in [1.165, 1.54) is 6.07 Å². The second kappa shape index (κ2) is 6.32. The van der Waals surface area contributed by atoms with Crippen molar-refractivity contribution in [2.24, 2.45) is 0 Å². The van der Waals surface area contributed by atoms with E-state index in [1.807, 2.05) is 0 Å². The van der Waals surface area contributed by atoms with Crippen LogP contribution in [0.1, 0.15) is 33.0 Å². The summed E-state index contributed by atoms with van der Waals surface area (Å²) < 4.78 is 0. The standard InChI is InChI=1S/C19H15NO5/c1-11-7-8-13-14(9-11)18(22)19(23)16(17(13)21)15(10-20(24)25)12-5-3-2-4-6-12/h2-9,15,21H,10H2,1H3/t15-/m1/s1. The SMILES string of the molecule is Cc1ccc2c(c1)C(=O)C(=O)C([C@H](C[N+](=O)[O-])c1ccccc1)=C2O. The summed E-state index contributed by atoms with van der Waals surface area (Å²) in [4.78, 5) is 35.7. The lowest BCUT2D eigenvalue weighted by atomic mass is 9.79. The van der Waals surface area contributed by atoms with Crippen LogP contribution in [-0.2, 0) is 4.79 Å². The fraction of sp³-hybridized carbons (Fsp3) is 0.158. The van der Waals surface area contributed by atoms with Gasteiger partial charge in [-0.15, -0.1) is 0 Å². The molecule has 0 amide bonds. The number of aryl methyl sites for hydroxylation is 1. The molecular formula is C19H15NO5. The molecule has 0 aromatic heterocycles. The van der Waals surface area contributed by atoms with E-state index in [2.05, 4.69) is 0 Å². The molecule has 0 saturated heterocycles. The number of Topliss-reactive ketones (excluding diaryl/α,β-unsaturated/α-hetero) is 2. The van der Waals surface area contributed by atoms with Crippen molar-refractivity contribution in [3.63, 3.8) is 0 Å². The lowest BCUT2D eigenvalue weighted by Crippen LogP contribution is -2.30. The number of aliphatic hydroxyl groups excluding tert-OH is 1. The molecule has 6 nitrogen and oxygen atoms in total. The third-order valence-corrected chi connectivity index (χ3v) is 4.26. The third kappa shape index (κ3) is 2.94. The van der Waals surface area contributed by atoms with Crippen LogP contribution in [-0.4, -0.2) is 28.1 Å². The molecule has 25 heavy (non-hydrogen) atoms. The summed E-state index contributed by atoms with van der Waals surface area (Å²) >= 11 is 0. The normalized spacial score (nSPS) is 15.1. The molecule has 0 spiro atoms. The molecule has 0 radical (unpaired) electrons. The van der Waals surface area contributed by atoms with Crippen molar-refractivity contribution in [2.75, 3.05) is 6.54 Å². The Hall–Kier alpha value is -3.28. The number of aliphatic hydroxyl groups is 1. The van der Waals surface area contributed by atoms with Crippen molar-refractivity contribution in [2.45, 2.75) is 12.8 Å². The second-order valence-corrected chi connectivity index (χ2v) is 5.95. The first-order valence-corrected chi connectivity index (χ1v) is 7.70. The highest BCUT2D eigenvalue weighted by Crippen LogP contribution is 2.36. The van der Waals surface area contributed by atoms with Gasteiger partial charge in [0.25, 0.3) is 0 Å². The third-order valence-electron chi connectivity index (χ3n) is 4.26. The Bertz CT molecular complexity index is 915. The predicted octanol–water partition coefficient (Wildman–Crippen LogP) is 3.09. The van der Waals surface area contributed by atoms with Crippen molar-refractivity contribution in [3.8, 4) is 0 Å². The van der Waals surface area contributed by atoms with Crippen LogP contribution in [0.25, 0.3) is 5.76 Å². The van der Waals surface area contributed by atoms with Crippen LogP contribution in [0, 0.1) is 17.0 Å². The summed E-state index contributed by atoms with van der Waals surface area (Å²) in [5, 5.41) is 21.7. The largest absolute Gasteiger partial charge is 0.507 e. The number of nitro groups is 1.